The Bertz CT molecular complexity index is 1900. The molecule has 2 fully saturated rings. The number of ether oxygens (including phenoxy) is 4. The van der Waals surface area contributed by atoms with Crippen molar-refractivity contribution in [3.8, 4) is 0 Å². The molecule has 0 aromatic rings. The third-order valence-corrected chi connectivity index (χ3v) is 18.6. The van der Waals surface area contributed by atoms with Crippen LogP contribution in [-0.4, -0.2) is 140 Å². The van der Waals surface area contributed by atoms with E-state index in [-0.39, 0.29) is 18.9 Å². The molecule has 2 heterocycles. The minimum absolute atomic E-state index is 0.247. The Balaban J connectivity index is 1.64. The Hall–Kier alpha value is -2.83. The van der Waals surface area contributed by atoms with Crippen molar-refractivity contribution in [2.24, 2.45) is 0 Å². The summed E-state index contributed by atoms with van der Waals surface area (Å²) in [6.07, 6.45) is 72.2. The summed E-state index contributed by atoms with van der Waals surface area (Å²) in [6.45, 7) is 2.72. The number of rotatable bonds is 64. The summed E-state index contributed by atoms with van der Waals surface area (Å²) in [4.78, 5) is 13.4. The Morgan fingerprint density at radius 3 is 1.13 bits per heavy atom. The maximum Gasteiger partial charge on any atom is 0.220 e. The van der Waals surface area contributed by atoms with Crippen molar-refractivity contribution >= 4 is 5.91 Å². The first-order valence-corrected chi connectivity index (χ1v) is 38.8. The van der Waals surface area contributed by atoms with E-state index in [1.807, 2.05) is 6.08 Å². The van der Waals surface area contributed by atoms with Gasteiger partial charge in [-0.25, -0.2) is 0 Å². The number of aliphatic hydroxyl groups excluding tert-OH is 8. The predicted molar refractivity (Wildman–Crippen MR) is 387 cm³/mol. The Morgan fingerprint density at radius 2 is 0.734 bits per heavy atom. The predicted octanol–water partition coefficient (Wildman–Crippen LogP) is 17.1. The molecule has 14 heteroatoms. The fraction of sp³-hybridized carbons (Fsp3) is 0.812. The maximum atomic E-state index is 13.4. The van der Waals surface area contributed by atoms with Crippen molar-refractivity contribution in [3.05, 3.63) is 85.1 Å². The highest BCUT2D eigenvalue weighted by Crippen LogP contribution is 2.30. The highest BCUT2D eigenvalue weighted by molar-refractivity contribution is 5.76. The van der Waals surface area contributed by atoms with Gasteiger partial charge in [0, 0.05) is 6.42 Å². The molecule has 9 N–H and O–H groups in total. The lowest BCUT2D eigenvalue weighted by atomic mass is 9.97. The van der Waals surface area contributed by atoms with E-state index in [1.54, 1.807) is 6.08 Å². The zero-order valence-electron chi connectivity index (χ0n) is 59.7. The van der Waals surface area contributed by atoms with Crippen molar-refractivity contribution in [2.45, 2.75) is 396 Å². The zero-order chi connectivity index (χ0) is 68.0. The third kappa shape index (κ3) is 46.4. The second kappa shape index (κ2) is 63.6. The number of hydrogen-bond donors (Lipinski definition) is 9. The normalized spacial score (nSPS) is 22.9. The van der Waals surface area contributed by atoms with Crippen LogP contribution in [0.5, 0.6) is 0 Å². The van der Waals surface area contributed by atoms with Gasteiger partial charge in [0.2, 0.25) is 5.91 Å². The molecule has 0 saturated carbocycles. The average Bonchev–Trinajstić information content (AvgIpc) is 0.794. The average molecular weight is 1330 g/mol. The number of carbonyl (C=O) groups excluding carboxylic acids is 1. The van der Waals surface area contributed by atoms with Gasteiger partial charge in [-0.2, -0.15) is 0 Å². The van der Waals surface area contributed by atoms with Crippen LogP contribution in [0.1, 0.15) is 322 Å². The van der Waals surface area contributed by atoms with Crippen molar-refractivity contribution in [1.82, 2.24) is 5.32 Å². The van der Waals surface area contributed by atoms with Gasteiger partial charge in [0.15, 0.2) is 12.6 Å². The molecule has 2 aliphatic heterocycles. The summed E-state index contributed by atoms with van der Waals surface area (Å²) >= 11 is 0. The monoisotopic (exact) mass is 1330 g/mol. The molecule has 2 aliphatic rings. The van der Waals surface area contributed by atoms with Crippen molar-refractivity contribution in [2.75, 3.05) is 19.8 Å². The summed E-state index contributed by atoms with van der Waals surface area (Å²) in [7, 11) is 0. The maximum absolute atomic E-state index is 13.4. The molecule has 546 valence electrons. The zero-order valence-corrected chi connectivity index (χ0v) is 59.7. The minimum atomic E-state index is -1.79. The van der Waals surface area contributed by atoms with E-state index in [0.717, 1.165) is 89.9 Å². The molecule has 0 radical (unpaired) electrons. The SMILES string of the molecule is CC/C=C\C/C=C\C/C=C\C/C=C\C/C=C\C/C=C\CCCCCCCCCCC(=O)NC(COC1OC(CO)C(OC2OC(CO)C(O)C(O)C2O)C(O)C1O)C(O)/C=C/CCCCCCCCCCCCCCCCCCCCCCCCCCCCCCCCC. The van der Waals surface area contributed by atoms with Gasteiger partial charge in [-0.1, -0.05) is 330 Å². The lowest BCUT2D eigenvalue weighted by Gasteiger charge is -2.46. The van der Waals surface area contributed by atoms with Crippen LogP contribution >= 0.6 is 0 Å². The first kappa shape index (κ1) is 87.3. The minimum Gasteiger partial charge on any atom is -0.394 e. The molecule has 0 bridgehead atoms. The number of allylic oxidation sites excluding steroid dienone is 13. The van der Waals surface area contributed by atoms with E-state index in [2.05, 4.69) is 92.1 Å². The Morgan fingerprint density at radius 1 is 0.394 bits per heavy atom. The van der Waals surface area contributed by atoms with Crippen molar-refractivity contribution < 1.29 is 64.6 Å². The van der Waals surface area contributed by atoms with Gasteiger partial charge in [-0.05, 0) is 70.6 Å². The second-order valence-electron chi connectivity index (χ2n) is 27.1. The largest absolute Gasteiger partial charge is 0.394 e. The summed E-state index contributed by atoms with van der Waals surface area (Å²) in [5.41, 5.74) is 0. The van der Waals surface area contributed by atoms with Gasteiger partial charge in [0.05, 0.1) is 32.0 Å². The molecule has 14 nitrogen and oxygen atoms in total. The molecule has 0 spiro atoms. The van der Waals surface area contributed by atoms with E-state index in [9.17, 15) is 45.6 Å². The van der Waals surface area contributed by atoms with E-state index >= 15 is 0 Å². The summed E-state index contributed by atoms with van der Waals surface area (Å²) in [5.74, 6) is -0.247. The van der Waals surface area contributed by atoms with Gasteiger partial charge < -0.3 is 65.1 Å². The number of unbranched alkanes of at least 4 members (excludes halogenated alkanes) is 39. The van der Waals surface area contributed by atoms with Crippen LogP contribution in [0.3, 0.4) is 0 Å². The molecule has 2 rings (SSSR count). The summed E-state index contributed by atoms with van der Waals surface area (Å²) in [6, 6.07) is -0.927. The third-order valence-electron chi connectivity index (χ3n) is 18.6. The quantitative estimate of drug-likeness (QED) is 0.0204. The molecule has 12 atom stereocenters. The lowest BCUT2D eigenvalue weighted by Crippen LogP contribution is -2.65. The number of aliphatic hydroxyl groups is 8. The Labute approximate surface area is 573 Å². The summed E-state index contributed by atoms with van der Waals surface area (Å²) in [5, 5.41) is 87.6. The van der Waals surface area contributed by atoms with Gasteiger partial charge >= 0.3 is 0 Å². The van der Waals surface area contributed by atoms with Crippen molar-refractivity contribution in [1.29, 1.82) is 0 Å². The summed E-state index contributed by atoms with van der Waals surface area (Å²) < 4.78 is 22.9. The lowest BCUT2D eigenvalue weighted by molar-refractivity contribution is -0.359. The molecule has 0 aliphatic carbocycles. The molecule has 0 aromatic heterocycles. The fourth-order valence-corrected chi connectivity index (χ4v) is 12.5. The first-order valence-electron chi connectivity index (χ1n) is 38.8. The van der Waals surface area contributed by atoms with Crippen molar-refractivity contribution in [3.63, 3.8) is 0 Å². The molecular weight excluding hydrogens is 1180 g/mol. The van der Waals surface area contributed by atoms with Crippen LogP contribution < -0.4 is 5.32 Å². The standard InChI is InChI=1S/C80H143NO13/c1-3-5-7-9-11-13-15-17-19-21-23-25-27-29-31-32-33-34-35-36-38-39-41-43-45-47-49-51-53-55-57-59-61-63-69(84)68(67-91-79-77(90)75(88)78(71(66-83)93-79)94-80-76(89)74(87)73(86)70(65-82)92-80)81-72(85)64-62-60-58-56-54-52-50-48-46-44-42-40-37-30-28-26-24-22-20-18-16-14-12-10-8-6-4-2/h6,8,12,14,18,20,24,26,30,37,42,44,61,63,68-71,73-80,82-84,86-90H,3-5,7,9-11,13,15-17,19,21-23,25,27-29,31-36,38-41,43,45-60,62,64-67H2,1-2H3,(H,81,85)/b8-6-,14-12-,20-18-,26-24-,37-30-,44-42-,63-61+. The molecular formula is C80H143NO13. The molecule has 2 saturated heterocycles. The van der Waals surface area contributed by atoms with Gasteiger partial charge in [0.1, 0.15) is 48.8 Å². The van der Waals surface area contributed by atoms with Crippen LogP contribution in [0.4, 0.5) is 0 Å². The number of amides is 1. The Kier molecular flexibility index (Phi) is 59.0. The number of carbonyl (C=O) groups is 1. The fourth-order valence-electron chi connectivity index (χ4n) is 12.5. The van der Waals surface area contributed by atoms with E-state index in [4.69, 9.17) is 18.9 Å². The van der Waals surface area contributed by atoms with Gasteiger partial charge in [-0.3, -0.25) is 4.79 Å². The first-order chi connectivity index (χ1) is 46.1. The molecule has 12 unspecified atom stereocenters. The van der Waals surface area contributed by atoms with Crippen LogP contribution in [0.15, 0.2) is 85.1 Å². The molecule has 1 amide bonds. The number of hydrogen-bond acceptors (Lipinski definition) is 13. The smallest absolute Gasteiger partial charge is 0.220 e. The highest BCUT2D eigenvalue weighted by Gasteiger charge is 2.51. The van der Waals surface area contributed by atoms with Crippen LogP contribution in [0.2, 0.25) is 0 Å². The van der Waals surface area contributed by atoms with Crippen LogP contribution in [-0.2, 0) is 23.7 Å². The molecule has 94 heavy (non-hydrogen) atoms. The topological polar surface area (TPSA) is 228 Å². The second-order valence-corrected chi connectivity index (χ2v) is 27.1. The van der Waals surface area contributed by atoms with Gasteiger partial charge in [-0.15, -0.1) is 0 Å². The van der Waals surface area contributed by atoms with Crippen LogP contribution in [0, 0.1) is 0 Å². The highest BCUT2D eigenvalue weighted by atomic mass is 16.7. The van der Waals surface area contributed by atoms with E-state index in [1.165, 1.54) is 205 Å². The number of nitrogens with one attached hydrogen (secondary N) is 1. The van der Waals surface area contributed by atoms with E-state index in [0.29, 0.717) is 6.42 Å². The molecule has 0 aromatic carbocycles. The van der Waals surface area contributed by atoms with Crippen LogP contribution in [0.25, 0.3) is 0 Å². The van der Waals surface area contributed by atoms with E-state index < -0.39 is 86.8 Å². The van der Waals surface area contributed by atoms with Gasteiger partial charge in [0.25, 0.3) is 0 Å².